The van der Waals surface area contributed by atoms with Crippen molar-refractivity contribution in [2.45, 2.75) is 12.8 Å². The summed E-state index contributed by atoms with van der Waals surface area (Å²) in [6, 6.07) is 15.9. The lowest BCUT2D eigenvalue weighted by atomic mass is 9.86. The lowest BCUT2D eigenvalue weighted by Gasteiger charge is -2.17. The van der Waals surface area contributed by atoms with E-state index in [1.165, 1.54) is 5.56 Å². The highest BCUT2D eigenvalue weighted by atomic mass is 16.1. The molecule has 0 aromatic heterocycles. The van der Waals surface area contributed by atoms with Crippen molar-refractivity contribution in [2.24, 2.45) is 0 Å². The molecule has 2 aromatic carbocycles. The number of benzene rings is 2. The second-order valence-corrected chi connectivity index (χ2v) is 4.62. The fourth-order valence-electron chi connectivity index (χ4n) is 2.55. The van der Waals surface area contributed by atoms with Gasteiger partial charge < -0.3 is 0 Å². The SMILES string of the molecule is C=C1C(=O)c2ccccc2CCc2ccccc21. The maximum atomic E-state index is 12.5. The van der Waals surface area contributed by atoms with Crippen molar-refractivity contribution in [3.8, 4) is 0 Å². The highest BCUT2D eigenvalue weighted by Gasteiger charge is 2.20. The molecule has 3 rings (SSSR count). The molecule has 1 nitrogen and oxygen atoms in total. The number of carbonyl (C=O) groups excluding carboxylic acids is 1. The van der Waals surface area contributed by atoms with E-state index >= 15 is 0 Å². The molecule has 1 aliphatic rings. The van der Waals surface area contributed by atoms with E-state index in [9.17, 15) is 4.79 Å². The molecule has 2 aromatic rings. The molecule has 0 atom stereocenters. The Balaban J connectivity index is 2.17. The first-order valence-electron chi connectivity index (χ1n) is 6.17. The van der Waals surface area contributed by atoms with Crippen LogP contribution in [0.5, 0.6) is 0 Å². The Morgan fingerprint density at radius 1 is 0.778 bits per heavy atom. The number of allylic oxidation sites excluding steroid dienone is 1. The highest BCUT2D eigenvalue weighted by molar-refractivity contribution is 6.29. The summed E-state index contributed by atoms with van der Waals surface area (Å²) in [6.45, 7) is 3.99. The molecule has 1 aliphatic carbocycles. The Morgan fingerprint density at radius 3 is 1.94 bits per heavy atom. The molecule has 0 bridgehead atoms. The monoisotopic (exact) mass is 234 g/mol. The van der Waals surface area contributed by atoms with Crippen LogP contribution in [-0.4, -0.2) is 5.78 Å². The van der Waals surface area contributed by atoms with Gasteiger partial charge in [0.1, 0.15) is 0 Å². The number of hydrogen-bond donors (Lipinski definition) is 0. The molecule has 0 saturated carbocycles. The van der Waals surface area contributed by atoms with E-state index in [2.05, 4.69) is 12.6 Å². The molecule has 0 fully saturated rings. The van der Waals surface area contributed by atoms with Crippen molar-refractivity contribution in [1.82, 2.24) is 0 Å². The minimum absolute atomic E-state index is 0.0535. The van der Waals surface area contributed by atoms with Gasteiger partial charge >= 0.3 is 0 Å². The molecule has 0 unspecified atom stereocenters. The van der Waals surface area contributed by atoms with Gasteiger partial charge in [-0.05, 0) is 29.5 Å². The van der Waals surface area contributed by atoms with E-state index in [4.69, 9.17) is 0 Å². The first-order valence-corrected chi connectivity index (χ1v) is 6.17. The van der Waals surface area contributed by atoms with Crippen LogP contribution in [0.15, 0.2) is 55.1 Å². The van der Waals surface area contributed by atoms with E-state index in [-0.39, 0.29) is 5.78 Å². The molecule has 0 amide bonds. The van der Waals surface area contributed by atoms with Gasteiger partial charge in [0.25, 0.3) is 0 Å². The topological polar surface area (TPSA) is 17.1 Å². The normalized spacial score (nSPS) is 14.4. The third kappa shape index (κ3) is 1.68. The molecule has 0 saturated heterocycles. The summed E-state index contributed by atoms with van der Waals surface area (Å²) < 4.78 is 0. The van der Waals surface area contributed by atoms with Crippen LogP contribution in [0.1, 0.15) is 27.0 Å². The van der Waals surface area contributed by atoms with Gasteiger partial charge in [-0.1, -0.05) is 55.1 Å². The summed E-state index contributed by atoms with van der Waals surface area (Å²) in [4.78, 5) is 12.5. The molecule has 0 aliphatic heterocycles. The maximum Gasteiger partial charge on any atom is 0.193 e. The molecule has 0 spiro atoms. The van der Waals surface area contributed by atoms with Crippen LogP contribution in [0.3, 0.4) is 0 Å². The molecule has 18 heavy (non-hydrogen) atoms. The van der Waals surface area contributed by atoms with Gasteiger partial charge in [-0.3, -0.25) is 4.79 Å². The van der Waals surface area contributed by atoms with Crippen LogP contribution in [0.2, 0.25) is 0 Å². The number of carbonyl (C=O) groups is 1. The third-order valence-corrected chi connectivity index (χ3v) is 3.54. The van der Waals surface area contributed by atoms with Crippen molar-refractivity contribution in [2.75, 3.05) is 0 Å². The average Bonchev–Trinajstić information content (AvgIpc) is 2.43. The summed E-state index contributed by atoms with van der Waals surface area (Å²) in [6.07, 6.45) is 1.87. The fourth-order valence-corrected chi connectivity index (χ4v) is 2.55. The number of fused-ring (bicyclic) bond motifs is 2. The Hall–Kier alpha value is -2.15. The molecular formula is C17H14O. The van der Waals surface area contributed by atoms with Gasteiger partial charge in [0.2, 0.25) is 0 Å². The predicted molar refractivity (Wildman–Crippen MR) is 73.7 cm³/mol. The van der Waals surface area contributed by atoms with Crippen molar-refractivity contribution < 1.29 is 4.79 Å². The second-order valence-electron chi connectivity index (χ2n) is 4.62. The zero-order chi connectivity index (χ0) is 12.5. The Kier molecular flexibility index (Phi) is 2.60. The van der Waals surface area contributed by atoms with E-state index in [0.29, 0.717) is 5.57 Å². The summed E-state index contributed by atoms with van der Waals surface area (Å²) in [5.41, 5.74) is 4.75. The minimum atomic E-state index is 0.0535. The van der Waals surface area contributed by atoms with Crippen LogP contribution in [0, 0.1) is 0 Å². The van der Waals surface area contributed by atoms with Crippen LogP contribution < -0.4 is 0 Å². The molecule has 0 radical (unpaired) electrons. The summed E-state index contributed by atoms with van der Waals surface area (Å²) >= 11 is 0. The zero-order valence-electron chi connectivity index (χ0n) is 10.1. The number of ketones is 1. The smallest absolute Gasteiger partial charge is 0.193 e. The lowest BCUT2D eigenvalue weighted by molar-refractivity contribution is 0.105. The van der Waals surface area contributed by atoms with Crippen LogP contribution in [-0.2, 0) is 12.8 Å². The van der Waals surface area contributed by atoms with E-state index in [1.807, 2.05) is 42.5 Å². The van der Waals surface area contributed by atoms with Gasteiger partial charge in [0, 0.05) is 11.1 Å². The number of aryl methyl sites for hydroxylation is 2. The fraction of sp³-hybridized carbons (Fsp3) is 0.118. The van der Waals surface area contributed by atoms with E-state index in [0.717, 1.165) is 29.5 Å². The van der Waals surface area contributed by atoms with Gasteiger partial charge in [-0.15, -0.1) is 0 Å². The standard InChI is InChI=1S/C17H14O/c1-12-15-8-4-2-6-13(15)10-11-14-7-3-5-9-16(14)17(12)18/h2-9H,1,10-11H2. The van der Waals surface area contributed by atoms with Crippen LogP contribution in [0.25, 0.3) is 5.57 Å². The Labute approximate surface area is 107 Å². The second kappa shape index (κ2) is 4.26. The van der Waals surface area contributed by atoms with Gasteiger partial charge in [-0.25, -0.2) is 0 Å². The quantitative estimate of drug-likeness (QED) is 0.635. The van der Waals surface area contributed by atoms with Crippen molar-refractivity contribution in [1.29, 1.82) is 0 Å². The molecule has 0 heterocycles. The maximum absolute atomic E-state index is 12.5. The molecular weight excluding hydrogens is 220 g/mol. The number of Topliss-reactive ketones (excluding diaryl/α,β-unsaturated/α-hetero) is 1. The third-order valence-electron chi connectivity index (χ3n) is 3.54. The van der Waals surface area contributed by atoms with E-state index in [1.54, 1.807) is 0 Å². The summed E-state index contributed by atoms with van der Waals surface area (Å²) in [5.74, 6) is 0.0535. The molecule has 88 valence electrons. The lowest BCUT2D eigenvalue weighted by Crippen LogP contribution is -2.11. The zero-order valence-corrected chi connectivity index (χ0v) is 10.1. The molecule has 0 N–H and O–H groups in total. The Bertz CT molecular complexity index is 580. The van der Waals surface area contributed by atoms with Gasteiger partial charge in [-0.2, -0.15) is 0 Å². The number of hydrogen-bond acceptors (Lipinski definition) is 1. The summed E-state index contributed by atoms with van der Waals surface area (Å²) in [5, 5.41) is 0. The van der Waals surface area contributed by atoms with Crippen LogP contribution >= 0.6 is 0 Å². The largest absolute Gasteiger partial charge is 0.289 e. The van der Waals surface area contributed by atoms with Crippen molar-refractivity contribution in [3.63, 3.8) is 0 Å². The summed E-state index contributed by atoms with van der Waals surface area (Å²) in [7, 11) is 0. The van der Waals surface area contributed by atoms with Crippen molar-refractivity contribution >= 4 is 11.4 Å². The van der Waals surface area contributed by atoms with Gasteiger partial charge in [0.05, 0.1) is 0 Å². The van der Waals surface area contributed by atoms with Crippen LogP contribution in [0.4, 0.5) is 0 Å². The average molecular weight is 234 g/mol. The minimum Gasteiger partial charge on any atom is -0.289 e. The van der Waals surface area contributed by atoms with Gasteiger partial charge in [0.15, 0.2) is 5.78 Å². The number of rotatable bonds is 0. The van der Waals surface area contributed by atoms with E-state index < -0.39 is 0 Å². The highest BCUT2D eigenvalue weighted by Crippen LogP contribution is 2.27. The first-order chi connectivity index (χ1) is 8.77. The predicted octanol–water partition coefficient (Wildman–Crippen LogP) is 3.68. The first kappa shape index (κ1) is 11.0. The molecule has 1 heteroatoms. The van der Waals surface area contributed by atoms with Crippen molar-refractivity contribution in [3.05, 3.63) is 77.4 Å². The Morgan fingerprint density at radius 2 is 1.28 bits per heavy atom.